The van der Waals surface area contributed by atoms with Gasteiger partial charge in [-0.15, -0.1) is 0 Å². The Labute approximate surface area is 821 Å². The summed E-state index contributed by atoms with van der Waals surface area (Å²) in [4.78, 5) is 90.4. The highest BCUT2D eigenvalue weighted by molar-refractivity contribution is 5.77. The Bertz CT molecular complexity index is 4140. The summed E-state index contributed by atoms with van der Waals surface area (Å²) in [6.07, 6.45) is -109. The van der Waals surface area contributed by atoms with Crippen molar-refractivity contribution in [1.29, 1.82) is 0 Å². The number of carbonyl (C=O) groups is 7. The van der Waals surface area contributed by atoms with Gasteiger partial charge in [0, 0.05) is 48.0 Å². The number of aliphatic carboxylic acids is 1. The molecular weight excluding hydrogens is 1980 g/mol. The van der Waals surface area contributed by atoms with Gasteiger partial charge in [-0.2, -0.15) is 0 Å². The number of hydrogen-bond acceptors (Lipinski definition) is 57. The number of amides is 6. The minimum atomic E-state index is -3.35. The zero-order valence-corrected chi connectivity index (χ0v) is 78.4. The fourth-order valence-corrected chi connectivity index (χ4v) is 18.7. The van der Waals surface area contributed by atoms with Gasteiger partial charge in [-0.1, -0.05) is 0 Å². The highest BCUT2D eigenvalue weighted by atomic mass is 16.8. The van der Waals surface area contributed by atoms with E-state index in [0.29, 0.717) is 0 Å². The molecule has 0 radical (unpaired) electrons. The zero-order chi connectivity index (χ0) is 107. The first-order chi connectivity index (χ1) is 68.3. The van der Waals surface area contributed by atoms with Crippen molar-refractivity contribution in [3.05, 3.63) is 0 Å². The quantitative estimate of drug-likeness (QED) is 0.0272. The Hall–Kier alpha value is -5.71. The average molecular weight is 2120 g/mol. The van der Waals surface area contributed by atoms with Gasteiger partial charge < -0.3 is 285 Å². The summed E-state index contributed by atoms with van der Waals surface area (Å²) in [6, 6.07) is -11.5. The molecule has 0 bridgehead atoms. The van der Waals surface area contributed by atoms with Crippen LogP contribution in [-0.4, -0.2) is 604 Å². The van der Waals surface area contributed by atoms with Gasteiger partial charge in [-0.05, 0) is 6.92 Å². The van der Waals surface area contributed by atoms with Gasteiger partial charge in [-0.3, -0.25) is 28.8 Å². The molecule has 11 fully saturated rings. The Balaban J connectivity index is 0.946. The summed E-state index contributed by atoms with van der Waals surface area (Å²) in [5.74, 6) is -11.3. The highest BCUT2D eigenvalue weighted by Crippen LogP contribution is 2.43. The van der Waals surface area contributed by atoms with Crippen LogP contribution < -0.4 is 31.9 Å². The number of ether oxygens (including phenoxy) is 21. The maximum absolute atomic E-state index is 13.4. The number of rotatable bonds is 39. The molecule has 11 rings (SSSR count). The molecular formula is C81H134N6O58. The van der Waals surface area contributed by atoms with Gasteiger partial charge in [0.25, 0.3) is 5.79 Å². The van der Waals surface area contributed by atoms with Gasteiger partial charge in [-0.25, -0.2) is 4.79 Å². The molecule has 0 aliphatic carbocycles. The number of nitrogens with one attached hydrogen (secondary N) is 6. The maximum atomic E-state index is 13.4. The van der Waals surface area contributed by atoms with E-state index in [0.717, 1.165) is 41.5 Å². The molecule has 11 heterocycles. The Morgan fingerprint density at radius 2 is 0.621 bits per heavy atom. The van der Waals surface area contributed by atoms with Crippen LogP contribution in [0.15, 0.2) is 0 Å². The molecule has 0 unspecified atom stereocenters. The summed E-state index contributed by atoms with van der Waals surface area (Å²) in [7, 11) is 0. The van der Waals surface area contributed by atoms with E-state index in [9.17, 15) is 187 Å². The van der Waals surface area contributed by atoms with Crippen LogP contribution >= 0.6 is 0 Å². The van der Waals surface area contributed by atoms with Gasteiger partial charge in [0.05, 0.1) is 84.3 Å². The fourth-order valence-electron chi connectivity index (χ4n) is 18.7. The van der Waals surface area contributed by atoms with Gasteiger partial charge in [0.1, 0.15) is 256 Å². The van der Waals surface area contributed by atoms with Crippen LogP contribution in [-0.2, 0) is 133 Å². The van der Waals surface area contributed by atoms with E-state index in [1.54, 1.807) is 0 Å². The molecule has 836 valence electrons. The molecule has 64 nitrogen and oxygen atoms in total. The van der Waals surface area contributed by atoms with Crippen molar-refractivity contribution in [1.82, 2.24) is 31.9 Å². The lowest BCUT2D eigenvalue weighted by molar-refractivity contribution is -0.401. The molecule has 145 heavy (non-hydrogen) atoms. The molecule has 64 heteroatoms. The second-order valence-corrected chi connectivity index (χ2v) is 36.7. The van der Waals surface area contributed by atoms with Crippen molar-refractivity contribution >= 4 is 41.4 Å². The third-order valence-electron chi connectivity index (χ3n) is 26.3. The number of aliphatic hydroxyl groups is 29. The first-order valence-electron chi connectivity index (χ1n) is 46.1. The molecule has 11 aliphatic rings. The zero-order valence-electron chi connectivity index (χ0n) is 78.4. The molecule has 0 aromatic rings. The van der Waals surface area contributed by atoms with E-state index < -0.39 is 457 Å². The molecule has 6 amide bonds. The van der Waals surface area contributed by atoms with Crippen molar-refractivity contribution in [3.8, 4) is 0 Å². The Morgan fingerprint density at radius 1 is 0.297 bits per heavy atom. The van der Waals surface area contributed by atoms with E-state index in [2.05, 4.69) is 31.9 Å². The number of aliphatic hydroxyl groups excluding tert-OH is 29. The summed E-state index contributed by atoms with van der Waals surface area (Å²) >= 11 is 0. The SMILES string of the molecule is CC(=O)N[C@@H]1[C@@H](O)[C@H](O[C@@H]2O[C@H](CO)[C@@H](O[C@@H]3O[C@H](CO[C@H]4O[C@H](CO[C@@H]5O[C@H](CO)[C@@H](O)[C@H](O)[C@H]5NC(C)=O)[C@@H](O)[C@H](O)[C@@H]4O[C@@H]4O[C@H](CO)[C@@H](O)[C@H](O)[C@H]4NC(C)=O)[C@@H](O)[C@H](O[C@H]4O[C@H](CO)[C@@H](O)[C@H](O)[C@@H]4O[C@@H]4O[C@H](CO)[C@@H](O[C@@H]5O[C@H](CO)[C@H](O)[C@H](O[C@]6(C(=O)O)C[C@H](O)[C@@H](NC(C)=O)[C@H]([C@H](O)[C@H](O)CO)O6)[C@H]5O)[C@H](O)[C@H]4NC(C)=O)[C@@H]3O)[C@H](O)[C@H]2NC(C)=O)[C@@H](CO[C@H]2O[C@H](C)[C@H](O)[C@H](O)[C@H]2O)O[C@H]1O. The minimum Gasteiger partial charge on any atom is -0.477 e. The van der Waals surface area contributed by atoms with Crippen LogP contribution in [0.25, 0.3) is 0 Å². The van der Waals surface area contributed by atoms with Gasteiger partial charge in [0.15, 0.2) is 62.9 Å². The number of carboxylic acids is 1. The average Bonchev–Trinajstić information content (AvgIpc) is 0.763. The lowest BCUT2D eigenvalue weighted by Crippen LogP contribution is -2.71. The largest absolute Gasteiger partial charge is 0.477 e. The van der Waals surface area contributed by atoms with E-state index in [1.807, 2.05) is 0 Å². The minimum absolute atomic E-state index is 0.835. The first kappa shape index (κ1) is 120. The molecule has 11 aliphatic heterocycles. The smallest absolute Gasteiger partial charge is 0.364 e. The van der Waals surface area contributed by atoms with Crippen LogP contribution in [0.4, 0.5) is 0 Å². The summed E-state index contributed by atoms with van der Waals surface area (Å²) in [5.41, 5.74) is 0. The first-order valence-corrected chi connectivity index (χ1v) is 46.1. The van der Waals surface area contributed by atoms with E-state index in [4.69, 9.17) is 99.5 Å². The van der Waals surface area contributed by atoms with Gasteiger partial charge >= 0.3 is 5.97 Å². The molecule has 0 aromatic carbocycles. The Morgan fingerprint density at radius 3 is 1.09 bits per heavy atom. The van der Waals surface area contributed by atoms with Crippen LogP contribution in [0.1, 0.15) is 54.9 Å². The van der Waals surface area contributed by atoms with Crippen LogP contribution in [0, 0.1) is 0 Å². The Kier molecular flexibility index (Phi) is 42.7. The standard InChI is InChI=1S/C81H134N6O58/c1-19-43(103)56(116)59(119)75(128-19)126-18-36-64(53(113)38(70(122)129-36)83-21(3)96)138-73-41(86-24(6)99)54(114)62(32(14-93)134-73)139-76-60(120)66(50(110)35(136-76)17-127-78-68(142-72-40(85-23(5)98)52(112)46(106)29(11-90)131-72)58(118)48(108)34(137-78)16-125-71-39(84-22(4)97)51(111)45(105)28(10-89)130-71)141-79-69(57(117)47(107)30(12-91)133-79)143-74-42(87-25(7)100)55(115)63(33(15-94)135-74)140-77-61(121)67(49(109)31(13-92)132-77)145-81(80(123)124)8-26(101)37(82-20(2)95)65(144-81)44(104)27(102)9-88/h19,26-79,88-94,101-122H,8-18H2,1-7H3,(H,82,95)(H,83,96)(H,84,97)(H,85,98)(H,86,99)(H,87,100)(H,123,124)/t19-,26+,27-,28-,29-,30-,31-,32-,33-,34-,35-,36-,37-,38-,39-,40-,41-,42-,43+,44-,45-,46-,47-,48-,49+,50-,51-,52-,53-,54-,55-,56+,57+,58+,59-,60+,61-,62-,63-,64-,65-,66+,67+,68+,69+,70-,71-,72+,73+,74+,75+,76+,77+,78+,79-,81+/m1/s1. The lowest BCUT2D eigenvalue weighted by atomic mass is 9.88. The highest BCUT2D eigenvalue weighted by Gasteiger charge is 2.65. The van der Waals surface area contributed by atoms with E-state index in [-0.39, 0.29) is 0 Å². The third-order valence-corrected chi connectivity index (χ3v) is 26.3. The second kappa shape index (κ2) is 51.8. The predicted molar refractivity (Wildman–Crippen MR) is 448 cm³/mol. The monoisotopic (exact) mass is 2120 g/mol. The fraction of sp³-hybridized carbons (Fsp3) is 0.914. The van der Waals surface area contributed by atoms with Gasteiger partial charge in [0.2, 0.25) is 35.4 Å². The molecule has 36 N–H and O–H groups in total. The van der Waals surface area contributed by atoms with Crippen molar-refractivity contribution < 1.29 is 286 Å². The summed E-state index contributed by atoms with van der Waals surface area (Å²) in [5, 5.41) is 355. The second-order valence-electron chi connectivity index (χ2n) is 36.7. The number of carboxylic acid groups (broad SMARTS) is 1. The van der Waals surface area contributed by atoms with Crippen LogP contribution in [0.3, 0.4) is 0 Å². The molecule has 0 spiro atoms. The lowest BCUT2D eigenvalue weighted by Gasteiger charge is -2.51. The maximum Gasteiger partial charge on any atom is 0.364 e. The topological polar surface area (TPSA) is 992 Å². The van der Waals surface area contributed by atoms with Crippen molar-refractivity contribution in [2.24, 2.45) is 0 Å². The third kappa shape index (κ3) is 27.0. The van der Waals surface area contributed by atoms with Crippen molar-refractivity contribution in [3.63, 3.8) is 0 Å². The van der Waals surface area contributed by atoms with E-state index in [1.165, 1.54) is 6.92 Å². The molecule has 56 atom stereocenters. The summed E-state index contributed by atoms with van der Waals surface area (Å²) in [6.45, 7) is -5.05. The molecule has 0 saturated carbocycles. The number of hydrogen-bond donors (Lipinski definition) is 36. The summed E-state index contributed by atoms with van der Waals surface area (Å²) < 4.78 is 126. The van der Waals surface area contributed by atoms with Crippen molar-refractivity contribution in [2.75, 3.05) is 66.1 Å². The number of carbonyl (C=O) groups excluding carboxylic acids is 6. The van der Waals surface area contributed by atoms with Crippen molar-refractivity contribution in [2.45, 2.75) is 398 Å². The normalized spacial score (nSPS) is 47.2. The van der Waals surface area contributed by atoms with E-state index >= 15 is 0 Å². The van der Waals surface area contributed by atoms with Crippen LogP contribution in [0.2, 0.25) is 0 Å². The molecule has 11 saturated heterocycles. The molecule has 0 aromatic heterocycles. The predicted octanol–water partition coefficient (Wildman–Crippen LogP) is -23.9. The van der Waals surface area contributed by atoms with Crippen LogP contribution in [0.5, 0.6) is 0 Å².